The highest BCUT2D eigenvalue weighted by atomic mass is 16.5. The minimum absolute atomic E-state index is 0.245. The van der Waals surface area contributed by atoms with E-state index in [-0.39, 0.29) is 12.5 Å². The third kappa shape index (κ3) is 6.23. The summed E-state index contributed by atoms with van der Waals surface area (Å²) in [5, 5.41) is 15.3. The molecule has 0 spiro atoms. The summed E-state index contributed by atoms with van der Waals surface area (Å²) in [6, 6.07) is 31.1. The number of aromatic nitrogens is 2. The average Bonchev–Trinajstić information content (AvgIpc) is 3.40. The number of hydrogen-bond acceptors (Lipinski definition) is 5. The third-order valence-electron chi connectivity index (χ3n) is 6.05. The van der Waals surface area contributed by atoms with Crippen molar-refractivity contribution < 1.29 is 14.3 Å². The minimum Gasteiger partial charge on any atom is -0.484 e. The van der Waals surface area contributed by atoms with Crippen molar-refractivity contribution in [3.63, 3.8) is 0 Å². The van der Waals surface area contributed by atoms with Gasteiger partial charge < -0.3 is 20.4 Å². The Bertz CT molecular complexity index is 1730. The molecule has 40 heavy (non-hydrogen) atoms. The lowest BCUT2D eigenvalue weighted by atomic mass is 10.1. The molecule has 0 radical (unpaired) electrons. The number of imidazole rings is 1. The fourth-order valence-electron chi connectivity index (χ4n) is 4.11. The zero-order valence-corrected chi connectivity index (χ0v) is 21.6. The van der Waals surface area contributed by atoms with Crippen molar-refractivity contribution in [3.8, 4) is 11.8 Å². The van der Waals surface area contributed by atoms with Crippen LogP contribution in [0.4, 0.5) is 11.4 Å². The summed E-state index contributed by atoms with van der Waals surface area (Å²) >= 11 is 0. The molecule has 3 N–H and O–H groups in total. The van der Waals surface area contributed by atoms with E-state index in [1.54, 1.807) is 60.7 Å². The van der Waals surface area contributed by atoms with Crippen molar-refractivity contribution in [1.29, 1.82) is 5.26 Å². The maximum Gasteiger partial charge on any atom is 0.262 e. The van der Waals surface area contributed by atoms with Crippen LogP contribution in [0.5, 0.6) is 5.75 Å². The number of para-hydroxylation sites is 3. The van der Waals surface area contributed by atoms with Crippen LogP contribution in [0.1, 0.15) is 27.3 Å². The van der Waals surface area contributed by atoms with Crippen LogP contribution < -0.4 is 15.4 Å². The Morgan fingerprint density at radius 1 is 0.950 bits per heavy atom. The van der Waals surface area contributed by atoms with Crippen molar-refractivity contribution >= 4 is 45.9 Å². The first-order valence-corrected chi connectivity index (χ1v) is 12.6. The second-order valence-corrected chi connectivity index (χ2v) is 9.05. The number of nitriles is 1. The highest BCUT2D eigenvalue weighted by Crippen LogP contribution is 2.21. The molecule has 0 aliphatic carbocycles. The number of ether oxygens (including phenoxy) is 1. The number of aryl methyl sites for hydroxylation is 1. The quantitative estimate of drug-likeness (QED) is 0.207. The van der Waals surface area contributed by atoms with E-state index in [1.165, 1.54) is 0 Å². The van der Waals surface area contributed by atoms with E-state index in [0.29, 0.717) is 34.1 Å². The molecule has 0 saturated heterocycles. The largest absolute Gasteiger partial charge is 0.484 e. The van der Waals surface area contributed by atoms with Gasteiger partial charge in [-0.3, -0.25) is 9.59 Å². The maximum absolute atomic E-state index is 12.8. The number of amides is 2. The Hall–Kier alpha value is -5.68. The van der Waals surface area contributed by atoms with E-state index in [0.717, 1.165) is 22.2 Å². The van der Waals surface area contributed by atoms with Gasteiger partial charge in [0.05, 0.1) is 27.9 Å². The van der Waals surface area contributed by atoms with Crippen LogP contribution in [0.25, 0.3) is 22.7 Å². The van der Waals surface area contributed by atoms with E-state index in [2.05, 4.69) is 26.7 Å². The lowest BCUT2D eigenvalue weighted by molar-refractivity contribution is -0.118. The molecule has 5 rings (SSSR count). The first-order chi connectivity index (χ1) is 19.5. The highest BCUT2D eigenvalue weighted by molar-refractivity contribution is 6.10. The van der Waals surface area contributed by atoms with Crippen molar-refractivity contribution in [1.82, 2.24) is 9.97 Å². The number of fused-ring (bicyclic) bond motifs is 1. The lowest BCUT2D eigenvalue weighted by Crippen LogP contribution is -2.22. The number of nitrogens with one attached hydrogen (secondary N) is 3. The SMILES string of the molecule is Cc1cccc(NC(=O)c2ccccc2NC(=O)COc2ccc(C=C(C#N)c3nc4ccccc4[nH]3)cc2)c1. The Labute approximate surface area is 231 Å². The molecule has 8 nitrogen and oxygen atoms in total. The van der Waals surface area contributed by atoms with Gasteiger partial charge in [-0.05, 0) is 72.7 Å². The molecule has 5 aromatic rings. The number of aromatic amines is 1. The number of allylic oxidation sites excluding steroid dienone is 1. The Kier molecular flexibility index (Phi) is 7.65. The van der Waals surface area contributed by atoms with E-state index in [9.17, 15) is 14.9 Å². The number of benzene rings is 4. The molecule has 0 fully saturated rings. The number of carbonyl (C=O) groups excluding carboxylic acids is 2. The van der Waals surface area contributed by atoms with Crippen molar-refractivity contribution in [2.75, 3.05) is 17.2 Å². The predicted octanol–water partition coefficient (Wildman–Crippen LogP) is 6.21. The van der Waals surface area contributed by atoms with E-state index in [4.69, 9.17) is 4.74 Å². The zero-order valence-electron chi connectivity index (χ0n) is 21.6. The van der Waals surface area contributed by atoms with E-state index in [1.807, 2.05) is 49.4 Å². The van der Waals surface area contributed by atoms with Crippen LogP contribution in [0, 0.1) is 18.3 Å². The Morgan fingerprint density at radius 2 is 1.73 bits per heavy atom. The van der Waals surface area contributed by atoms with Gasteiger partial charge >= 0.3 is 0 Å². The highest BCUT2D eigenvalue weighted by Gasteiger charge is 2.14. The third-order valence-corrected chi connectivity index (χ3v) is 6.05. The molecule has 0 bridgehead atoms. The molecule has 8 heteroatoms. The Morgan fingerprint density at radius 3 is 2.50 bits per heavy atom. The molecule has 1 aromatic heterocycles. The standard InChI is InChI=1S/C32H25N5O3/c1-21-7-6-8-24(17-21)34-32(39)26-9-2-3-10-27(26)35-30(38)20-40-25-15-13-22(14-16-25)18-23(19-33)31-36-28-11-4-5-12-29(28)37-31/h2-18H,20H2,1H3,(H,34,39)(H,35,38)(H,36,37). The predicted molar refractivity (Wildman–Crippen MR) is 156 cm³/mol. The molecule has 0 atom stereocenters. The summed E-state index contributed by atoms with van der Waals surface area (Å²) in [5.41, 5.74) is 5.24. The van der Waals surface area contributed by atoms with Crippen LogP contribution in [-0.4, -0.2) is 28.4 Å². The molecule has 0 unspecified atom stereocenters. The number of H-pyrrole nitrogens is 1. The number of anilines is 2. The minimum atomic E-state index is -0.406. The topological polar surface area (TPSA) is 120 Å². The number of rotatable bonds is 8. The number of carbonyl (C=O) groups is 2. The number of hydrogen-bond donors (Lipinski definition) is 3. The Balaban J connectivity index is 1.20. The monoisotopic (exact) mass is 527 g/mol. The summed E-state index contributed by atoms with van der Waals surface area (Å²) in [6.45, 7) is 1.70. The first-order valence-electron chi connectivity index (χ1n) is 12.6. The van der Waals surface area contributed by atoms with Crippen LogP contribution in [0.2, 0.25) is 0 Å². The second-order valence-electron chi connectivity index (χ2n) is 9.05. The van der Waals surface area contributed by atoms with Crippen molar-refractivity contribution in [2.24, 2.45) is 0 Å². The van der Waals surface area contributed by atoms with Gasteiger partial charge in [0, 0.05) is 5.69 Å². The van der Waals surface area contributed by atoms with Gasteiger partial charge in [-0.15, -0.1) is 0 Å². The van der Waals surface area contributed by atoms with Gasteiger partial charge in [0.15, 0.2) is 6.61 Å². The van der Waals surface area contributed by atoms with Gasteiger partial charge in [-0.2, -0.15) is 5.26 Å². The molecule has 0 saturated carbocycles. The molecule has 0 aliphatic heterocycles. The van der Waals surface area contributed by atoms with Crippen LogP contribution in [0.15, 0.2) is 97.1 Å². The lowest BCUT2D eigenvalue weighted by Gasteiger charge is -2.12. The smallest absolute Gasteiger partial charge is 0.262 e. The van der Waals surface area contributed by atoms with Gasteiger partial charge in [-0.25, -0.2) is 4.98 Å². The molecule has 1 heterocycles. The summed E-state index contributed by atoms with van der Waals surface area (Å²) in [5.74, 6) is 0.246. The molecular formula is C32H25N5O3. The average molecular weight is 528 g/mol. The fraction of sp³-hybridized carbons (Fsp3) is 0.0625. The van der Waals surface area contributed by atoms with Gasteiger partial charge in [0.1, 0.15) is 17.6 Å². The normalized spacial score (nSPS) is 11.1. The summed E-state index contributed by atoms with van der Waals surface area (Å²) in [6.07, 6.45) is 1.73. The van der Waals surface area contributed by atoms with Crippen molar-refractivity contribution in [2.45, 2.75) is 6.92 Å². The van der Waals surface area contributed by atoms with E-state index < -0.39 is 5.91 Å². The van der Waals surface area contributed by atoms with Crippen LogP contribution in [-0.2, 0) is 4.79 Å². The fourth-order valence-corrected chi connectivity index (χ4v) is 4.11. The molecule has 2 amide bonds. The molecule has 4 aromatic carbocycles. The summed E-state index contributed by atoms with van der Waals surface area (Å²) < 4.78 is 5.64. The second kappa shape index (κ2) is 11.8. The van der Waals surface area contributed by atoms with Gasteiger partial charge in [-0.1, -0.05) is 48.5 Å². The van der Waals surface area contributed by atoms with Gasteiger partial charge in [0.25, 0.3) is 11.8 Å². The first kappa shape index (κ1) is 25.9. The molecule has 196 valence electrons. The zero-order chi connectivity index (χ0) is 27.9. The molecular weight excluding hydrogens is 502 g/mol. The van der Waals surface area contributed by atoms with E-state index >= 15 is 0 Å². The van der Waals surface area contributed by atoms with Gasteiger partial charge in [0.2, 0.25) is 0 Å². The summed E-state index contributed by atoms with van der Waals surface area (Å²) in [4.78, 5) is 33.1. The van der Waals surface area contributed by atoms with Crippen molar-refractivity contribution in [3.05, 3.63) is 120 Å². The van der Waals surface area contributed by atoms with Crippen LogP contribution >= 0.6 is 0 Å². The summed E-state index contributed by atoms with van der Waals surface area (Å²) in [7, 11) is 0. The number of nitrogens with zero attached hydrogens (tertiary/aromatic N) is 2. The molecule has 0 aliphatic rings. The maximum atomic E-state index is 12.8. The van der Waals surface area contributed by atoms with Crippen LogP contribution in [0.3, 0.4) is 0 Å².